The van der Waals surface area contributed by atoms with Gasteiger partial charge >= 0.3 is 144 Å². The molecule has 0 amide bonds. The van der Waals surface area contributed by atoms with E-state index in [0.29, 0.717) is 0 Å². The van der Waals surface area contributed by atoms with Gasteiger partial charge in [-0.2, -0.15) is 0 Å². The molecule has 2 aromatic rings. The Labute approximate surface area is 152 Å². The van der Waals surface area contributed by atoms with Crippen molar-refractivity contribution in [3.8, 4) is 0 Å². The van der Waals surface area contributed by atoms with E-state index in [9.17, 15) is 0 Å². The van der Waals surface area contributed by atoms with Crippen molar-refractivity contribution in [2.24, 2.45) is 0 Å². The molecule has 1 saturated heterocycles. The van der Waals surface area contributed by atoms with Crippen molar-refractivity contribution in [1.29, 1.82) is 0 Å². The number of allylic oxidation sites excluding steroid dienone is 2. The van der Waals surface area contributed by atoms with E-state index < -0.39 is 20.0 Å². The summed E-state index contributed by atoms with van der Waals surface area (Å²) in [6, 6.07) is 18.3. The average molecular weight is 503 g/mol. The van der Waals surface area contributed by atoms with Gasteiger partial charge in [0, 0.05) is 0 Å². The Morgan fingerprint density at radius 3 is 1.48 bits per heavy atom. The predicted molar refractivity (Wildman–Crippen MR) is 95.3 cm³/mol. The normalized spacial score (nSPS) is 23.0. The average Bonchev–Trinajstić information content (AvgIpc) is 3.13. The van der Waals surface area contributed by atoms with Crippen LogP contribution in [0.4, 0.5) is 0 Å². The van der Waals surface area contributed by atoms with E-state index >= 15 is 0 Å². The minimum absolute atomic E-state index is 0. The Bertz CT molecular complexity index is 808. The molecule has 1 heterocycles. The van der Waals surface area contributed by atoms with E-state index in [0.717, 1.165) is 7.35 Å². The number of benzene rings is 2. The number of hydrogen-bond donors (Lipinski definition) is 0. The van der Waals surface area contributed by atoms with Crippen LogP contribution < -0.4 is 9.41 Å². The molecule has 128 valence electrons. The fourth-order valence-corrected chi connectivity index (χ4v) is 33.7. The topological polar surface area (TPSA) is 0 Å². The van der Waals surface area contributed by atoms with Crippen LogP contribution in [0.1, 0.15) is 43.5 Å². The summed E-state index contributed by atoms with van der Waals surface area (Å²) in [5.74, 6) is 0. The van der Waals surface area contributed by atoms with Gasteiger partial charge in [-0.15, -0.1) is 0 Å². The van der Waals surface area contributed by atoms with Crippen molar-refractivity contribution in [2.75, 3.05) is 0 Å². The van der Waals surface area contributed by atoms with Crippen molar-refractivity contribution in [2.45, 2.75) is 29.6 Å². The maximum absolute atomic E-state index is 2.47. The van der Waals surface area contributed by atoms with Crippen LogP contribution in [0.5, 0.6) is 0 Å². The molecule has 0 aromatic heterocycles. The molecule has 1 fully saturated rings. The molecular formula is C22H22F2Hf. The summed E-state index contributed by atoms with van der Waals surface area (Å²) in [6.45, 7) is 4.79. The largest absolute Gasteiger partial charge is 1.00 e. The SMILES string of the molecule is CC1=Cc2ccccc2[CH]1[Hf+2]1([CH]2C(C)=Cc3ccccc32)[CH2][CH2]1.[F-].[F-]. The van der Waals surface area contributed by atoms with Crippen molar-refractivity contribution in [1.82, 2.24) is 0 Å². The van der Waals surface area contributed by atoms with Crippen molar-refractivity contribution in [3.05, 3.63) is 81.9 Å². The molecule has 0 spiro atoms. The Hall–Kier alpha value is -1.35. The van der Waals surface area contributed by atoms with E-state index in [1.54, 1.807) is 30.6 Å². The van der Waals surface area contributed by atoms with Crippen molar-refractivity contribution >= 4 is 12.2 Å². The van der Waals surface area contributed by atoms with Gasteiger partial charge in [-0.25, -0.2) is 0 Å². The third kappa shape index (κ3) is 2.54. The first kappa shape index (κ1) is 18.4. The molecule has 2 aliphatic carbocycles. The second-order valence-electron chi connectivity index (χ2n) is 7.63. The fraction of sp³-hybridized carbons (Fsp3) is 0.273. The predicted octanol–water partition coefficient (Wildman–Crippen LogP) is 0.315. The van der Waals surface area contributed by atoms with Crippen molar-refractivity contribution < 1.29 is 29.4 Å². The molecule has 0 bridgehead atoms. The van der Waals surface area contributed by atoms with Crippen LogP contribution in [0.25, 0.3) is 12.2 Å². The van der Waals surface area contributed by atoms with E-state index in [1.165, 1.54) is 11.1 Å². The number of hydrogen-bond acceptors (Lipinski definition) is 0. The standard InChI is InChI=1S/2C10H9.C2H4.2FH.Hf/c2*1-8-6-9-4-2-3-5-10(9)7-8;1-2;;;/h2*2-7H,1H3;1-2H2;2*1H;/q;;;;;+2/p-2. The Kier molecular flexibility index (Phi) is 4.74. The Morgan fingerprint density at radius 2 is 1.08 bits per heavy atom. The van der Waals surface area contributed by atoms with Crippen LogP contribution in [-0.2, 0) is 20.0 Å². The van der Waals surface area contributed by atoms with Crippen LogP contribution in [0, 0.1) is 0 Å². The minimum atomic E-state index is -2.41. The molecular weight excluding hydrogens is 481 g/mol. The van der Waals surface area contributed by atoms with E-state index in [1.807, 2.05) is 0 Å². The van der Waals surface area contributed by atoms with Crippen LogP contribution in [-0.4, -0.2) is 0 Å². The monoisotopic (exact) mass is 504 g/mol. The van der Waals surface area contributed by atoms with Gasteiger partial charge in [0.2, 0.25) is 0 Å². The van der Waals surface area contributed by atoms with Gasteiger partial charge < -0.3 is 9.41 Å². The van der Waals surface area contributed by atoms with Crippen molar-refractivity contribution in [3.63, 3.8) is 0 Å². The van der Waals surface area contributed by atoms with E-state index in [4.69, 9.17) is 0 Å². The molecule has 1 aliphatic heterocycles. The summed E-state index contributed by atoms with van der Waals surface area (Å²) in [5, 5.41) is 0. The van der Waals surface area contributed by atoms with Gasteiger partial charge in [0.05, 0.1) is 0 Å². The Balaban J connectivity index is 0.000000911. The number of rotatable bonds is 2. The fourth-order valence-electron chi connectivity index (χ4n) is 5.37. The van der Waals surface area contributed by atoms with Crippen LogP contribution in [0.3, 0.4) is 0 Å². The van der Waals surface area contributed by atoms with Gasteiger partial charge in [-0.05, 0) is 0 Å². The molecule has 0 saturated carbocycles. The van der Waals surface area contributed by atoms with Crippen LogP contribution in [0.15, 0.2) is 59.7 Å². The summed E-state index contributed by atoms with van der Waals surface area (Å²) >= 11 is -2.41. The summed E-state index contributed by atoms with van der Waals surface area (Å²) < 4.78 is 4.78. The molecule has 3 aliphatic rings. The molecule has 2 atom stereocenters. The molecule has 3 heteroatoms. The molecule has 5 rings (SSSR count). The van der Waals surface area contributed by atoms with Gasteiger partial charge in [-0.1, -0.05) is 0 Å². The minimum Gasteiger partial charge on any atom is -1.00 e. The quantitative estimate of drug-likeness (QED) is 0.519. The molecule has 0 N–H and O–H groups in total. The zero-order valence-electron chi connectivity index (χ0n) is 14.6. The molecule has 2 aromatic carbocycles. The second-order valence-corrected chi connectivity index (χ2v) is 24.2. The zero-order valence-corrected chi connectivity index (χ0v) is 18.2. The molecule has 2 unspecified atom stereocenters. The maximum Gasteiger partial charge on any atom is -1.00 e. The third-order valence-electron chi connectivity index (χ3n) is 6.27. The van der Waals surface area contributed by atoms with Gasteiger partial charge in [-0.3, -0.25) is 0 Å². The Morgan fingerprint density at radius 1 is 0.680 bits per heavy atom. The van der Waals surface area contributed by atoms with Gasteiger partial charge in [0.15, 0.2) is 0 Å². The summed E-state index contributed by atoms with van der Waals surface area (Å²) in [4.78, 5) is 0. The van der Waals surface area contributed by atoms with Gasteiger partial charge in [0.1, 0.15) is 0 Å². The molecule has 0 nitrogen and oxygen atoms in total. The van der Waals surface area contributed by atoms with Crippen LogP contribution >= 0.6 is 0 Å². The van der Waals surface area contributed by atoms with E-state index in [-0.39, 0.29) is 9.41 Å². The summed E-state index contributed by atoms with van der Waals surface area (Å²) in [7, 11) is 0. The third-order valence-corrected chi connectivity index (χ3v) is 26.0. The summed E-state index contributed by atoms with van der Waals surface area (Å²) in [6.07, 6.45) is 4.94. The first-order chi connectivity index (χ1) is 11.2. The molecule has 25 heavy (non-hydrogen) atoms. The maximum atomic E-state index is 2.47. The van der Waals surface area contributed by atoms with Crippen LogP contribution in [0.2, 0.25) is 8.35 Å². The number of fused-ring (bicyclic) bond motifs is 2. The number of halogens is 2. The first-order valence-electron chi connectivity index (χ1n) is 8.75. The molecule has 0 radical (unpaired) electrons. The second kappa shape index (κ2) is 6.42. The van der Waals surface area contributed by atoms with Gasteiger partial charge in [0.25, 0.3) is 0 Å². The smallest absolute Gasteiger partial charge is 1.00 e. The summed E-state index contributed by atoms with van der Waals surface area (Å²) in [5.41, 5.74) is 9.61. The van der Waals surface area contributed by atoms with E-state index in [2.05, 4.69) is 74.5 Å². The first-order valence-corrected chi connectivity index (χ1v) is 18.0. The zero-order chi connectivity index (χ0) is 15.6.